The lowest BCUT2D eigenvalue weighted by Gasteiger charge is -2.13. The Labute approximate surface area is 189 Å². The largest absolute Gasteiger partial charge is 0.354 e. The van der Waals surface area contributed by atoms with Crippen LogP contribution < -0.4 is 5.32 Å². The van der Waals surface area contributed by atoms with Crippen LogP contribution in [0.2, 0.25) is 0 Å². The third kappa shape index (κ3) is 5.83. The van der Waals surface area contributed by atoms with E-state index in [0.29, 0.717) is 11.8 Å². The van der Waals surface area contributed by atoms with Crippen LogP contribution in [0.4, 0.5) is 9.18 Å². The highest BCUT2D eigenvalue weighted by molar-refractivity contribution is 8.18. The second kappa shape index (κ2) is 10.1. The molecule has 0 atom stereocenters. The van der Waals surface area contributed by atoms with Crippen molar-refractivity contribution in [2.45, 2.75) is 18.2 Å². The molecule has 1 aliphatic rings. The molecule has 0 unspecified atom stereocenters. The molecular formula is C22H21FN2O5S2. The van der Waals surface area contributed by atoms with Crippen LogP contribution in [0.25, 0.3) is 6.08 Å². The van der Waals surface area contributed by atoms with Gasteiger partial charge in [-0.05, 0) is 43.0 Å². The minimum Gasteiger partial charge on any atom is -0.354 e. The minimum absolute atomic E-state index is 0.0194. The molecule has 2 aromatic carbocycles. The summed E-state index contributed by atoms with van der Waals surface area (Å²) in [5, 5.41) is 2.00. The Kier molecular flexibility index (Phi) is 7.47. The average Bonchev–Trinajstić information content (AvgIpc) is 3.01. The van der Waals surface area contributed by atoms with E-state index in [-0.39, 0.29) is 40.6 Å². The number of imide groups is 1. The second-order valence-corrected chi connectivity index (χ2v) is 10.2. The number of nitrogens with one attached hydrogen (secondary N) is 1. The molecule has 1 heterocycles. The van der Waals surface area contributed by atoms with Crippen molar-refractivity contribution < 1.29 is 27.2 Å². The van der Waals surface area contributed by atoms with Crippen molar-refractivity contribution in [2.24, 2.45) is 0 Å². The summed E-state index contributed by atoms with van der Waals surface area (Å²) in [6, 6.07) is 12.3. The lowest BCUT2D eigenvalue weighted by Crippen LogP contribution is -2.37. The minimum atomic E-state index is -3.59. The molecule has 7 nitrogen and oxygen atoms in total. The van der Waals surface area contributed by atoms with Crippen LogP contribution in [0.15, 0.2) is 58.3 Å². The summed E-state index contributed by atoms with van der Waals surface area (Å²) in [6.07, 6.45) is 1.07. The van der Waals surface area contributed by atoms with Gasteiger partial charge in [-0.2, -0.15) is 0 Å². The lowest BCUT2D eigenvalue weighted by atomic mass is 10.2. The smallest absolute Gasteiger partial charge is 0.293 e. The van der Waals surface area contributed by atoms with E-state index >= 15 is 0 Å². The highest BCUT2D eigenvalue weighted by atomic mass is 32.2. The van der Waals surface area contributed by atoms with Crippen molar-refractivity contribution in [3.63, 3.8) is 0 Å². The molecule has 168 valence electrons. The Morgan fingerprint density at radius 3 is 2.50 bits per heavy atom. The number of aryl methyl sites for hydroxylation is 1. The molecule has 0 saturated carbocycles. The number of thioether (sulfide) groups is 1. The van der Waals surface area contributed by atoms with Crippen molar-refractivity contribution in [1.29, 1.82) is 0 Å². The van der Waals surface area contributed by atoms with Gasteiger partial charge in [-0.25, -0.2) is 12.8 Å². The first-order chi connectivity index (χ1) is 15.2. The zero-order chi connectivity index (χ0) is 23.3. The summed E-state index contributed by atoms with van der Waals surface area (Å²) in [7, 11) is -3.59. The quantitative estimate of drug-likeness (QED) is 0.588. The van der Waals surface area contributed by atoms with Gasteiger partial charge in [0.1, 0.15) is 5.82 Å². The van der Waals surface area contributed by atoms with Gasteiger partial charge in [0.05, 0.1) is 15.6 Å². The third-order valence-electron chi connectivity index (χ3n) is 4.70. The number of carbonyl (C=O) groups is 3. The molecule has 3 rings (SSSR count). The molecule has 0 spiro atoms. The molecule has 0 aliphatic carbocycles. The number of nitrogens with zero attached hydrogens (tertiary/aromatic N) is 1. The lowest BCUT2D eigenvalue weighted by molar-refractivity contribution is -0.124. The van der Waals surface area contributed by atoms with Crippen LogP contribution in [-0.2, 0) is 19.4 Å². The third-order valence-corrected chi connectivity index (χ3v) is 7.34. The molecule has 1 fully saturated rings. The number of amides is 3. The fraction of sp³-hybridized carbons (Fsp3) is 0.227. The predicted molar refractivity (Wildman–Crippen MR) is 120 cm³/mol. The van der Waals surface area contributed by atoms with E-state index in [0.717, 1.165) is 10.5 Å². The van der Waals surface area contributed by atoms with Crippen LogP contribution >= 0.6 is 11.8 Å². The van der Waals surface area contributed by atoms with E-state index in [9.17, 15) is 27.2 Å². The number of benzene rings is 2. The maximum absolute atomic E-state index is 13.8. The zero-order valence-electron chi connectivity index (χ0n) is 17.2. The number of rotatable bonds is 8. The number of hydrogen-bond acceptors (Lipinski definition) is 6. The molecule has 3 amide bonds. The van der Waals surface area contributed by atoms with Gasteiger partial charge in [0.15, 0.2) is 9.84 Å². The van der Waals surface area contributed by atoms with Gasteiger partial charge < -0.3 is 5.32 Å². The Hall–Kier alpha value is -2.98. The zero-order valence-corrected chi connectivity index (χ0v) is 18.8. The first kappa shape index (κ1) is 23.7. The van der Waals surface area contributed by atoms with E-state index in [1.807, 2.05) is 6.92 Å². The molecule has 1 saturated heterocycles. The Balaban J connectivity index is 1.50. The molecule has 0 bridgehead atoms. The van der Waals surface area contributed by atoms with Gasteiger partial charge in [-0.3, -0.25) is 19.3 Å². The monoisotopic (exact) mass is 476 g/mol. The first-order valence-corrected chi connectivity index (χ1v) is 12.2. The SMILES string of the molecule is Cc1ccc(S(=O)(=O)CCC(=O)NCCN2C(=O)S/C(=C\c3ccccc3F)C2=O)cc1. The Morgan fingerprint density at radius 2 is 1.81 bits per heavy atom. The van der Waals surface area contributed by atoms with Crippen molar-refractivity contribution >= 4 is 44.7 Å². The van der Waals surface area contributed by atoms with Crippen LogP contribution in [0.1, 0.15) is 17.5 Å². The molecule has 32 heavy (non-hydrogen) atoms. The number of carbonyl (C=O) groups excluding carboxylic acids is 3. The predicted octanol–water partition coefficient (Wildman–Crippen LogP) is 3.15. The number of sulfone groups is 1. The Morgan fingerprint density at radius 1 is 1.12 bits per heavy atom. The molecule has 1 aliphatic heterocycles. The van der Waals surface area contributed by atoms with Crippen molar-refractivity contribution in [3.05, 3.63) is 70.4 Å². The van der Waals surface area contributed by atoms with Gasteiger partial charge in [-0.15, -0.1) is 0 Å². The standard InChI is InChI=1S/C22H21FN2O5S2/c1-15-6-8-17(9-7-15)32(29,30)13-10-20(26)24-11-12-25-21(27)19(31-22(25)28)14-16-4-2-3-5-18(16)23/h2-9,14H,10-13H2,1H3,(H,24,26)/b19-14-. The van der Waals surface area contributed by atoms with Crippen LogP contribution in [0, 0.1) is 12.7 Å². The number of hydrogen-bond donors (Lipinski definition) is 1. The maximum Gasteiger partial charge on any atom is 0.293 e. The fourth-order valence-electron chi connectivity index (χ4n) is 2.91. The summed E-state index contributed by atoms with van der Waals surface area (Å²) >= 11 is 0.696. The van der Waals surface area contributed by atoms with Crippen molar-refractivity contribution in [1.82, 2.24) is 10.2 Å². The van der Waals surface area contributed by atoms with Crippen molar-refractivity contribution in [3.8, 4) is 0 Å². The second-order valence-electron chi connectivity index (χ2n) is 7.09. The topological polar surface area (TPSA) is 101 Å². The highest BCUT2D eigenvalue weighted by Gasteiger charge is 2.34. The highest BCUT2D eigenvalue weighted by Crippen LogP contribution is 2.32. The molecule has 10 heteroatoms. The van der Waals surface area contributed by atoms with Crippen LogP contribution in [0.5, 0.6) is 0 Å². The molecule has 1 N–H and O–H groups in total. The number of halogens is 1. The first-order valence-electron chi connectivity index (χ1n) is 9.73. The summed E-state index contributed by atoms with van der Waals surface area (Å²) < 4.78 is 38.4. The summed E-state index contributed by atoms with van der Waals surface area (Å²) in [4.78, 5) is 37.8. The van der Waals surface area contributed by atoms with Gasteiger partial charge >= 0.3 is 0 Å². The summed E-state index contributed by atoms with van der Waals surface area (Å²) in [5.74, 6) is -1.93. The summed E-state index contributed by atoms with van der Waals surface area (Å²) in [6.45, 7) is 1.75. The van der Waals surface area contributed by atoms with E-state index in [1.165, 1.54) is 36.4 Å². The summed E-state index contributed by atoms with van der Waals surface area (Å²) in [5.41, 5.74) is 1.12. The molecule has 0 aromatic heterocycles. The van der Waals surface area contributed by atoms with Gasteiger partial charge in [-0.1, -0.05) is 35.9 Å². The van der Waals surface area contributed by atoms with Gasteiger partial charge in [0, 0.05) is 25.1 Å². The van der Waals surface area contributed by atoms with E-state index in [4.69, 9.17) is 0 Å². The van der Waals surface area contributed by atoms with Crippen molar-refractivity contribution in [2.75, 3.05) is 18.8 Å². The average molecular weight is 477 g/mol. The molecule has 0 radical (unpaired) electrons. The fourth-order valence-corrected chi connectivity index (χ4v) is 5.01. The van der Waals surface area contributed by atoms with E-state index in [2.05, 4.69) is 5.32 Å². The Bertz CT molecular complexity index is 1180. The molecule has 2 aromatic rings. The van der Waals surface area contributed by atoms with Crippen LogP contribution in [0.3, 0.4) is 0 Å². The normalized spacial score (nSPS) is 15.4. The van der Waals surface area contributed by atoms with Gasteiger partial charge in [0.2, 0.25) is 5.91 Å². The molecular weight excluding hydrogens is 455 g/mol. The van der Waals surface area contributed by atoms with Crippen LogP contribution in [-0.4, -0.2) is 49.2 Å². The maximum atomic E-state index is 13.8. The van der Waals surface area contributed by atoms with E-state index < -0.39 is 32.7 Å². The van der Waals surface area contributed by atoms with Gasteiger partial charge in [0.25, 0.3) is 11.1 Å². The van der Waals surface area contributed by atoms with E-state index in [1.54, 1.807) is 18.2 Å².